The Morgan fingerprint density at radius 3 is 2.77 bits per heavy atom. The maximum Gasteiger partial charge on any atom is 0.242 e. The molecule has 2 amide bonds. The lowest BCUT2D eigenvalue weighted by atomic mass is 10.4. The van der Waals surface area contributed by atoms with Crippen LogP contribution in [0.5, 0.6) is 0 Å². The smallest absolute Gasteiger partial charge is 0.242 e. The minimum absolute atomic E-state index is 0.0629. The second kappa shape index (κ2) is 4.62. The van der Waals surface area contributed by atoms with Crippen molar-refractivity contribution in [2.45, 2.75) is 18.1 Å². The molecule has 1 saturated heterocycles. The van der Waals surface area contributed by atoms with Crippen molar-refractivity contribution < 1.29 is 9.59 Å². The maximum atomic E-state index is 11.4. The minimum atomic E-state index is -0.163. The van der Waals surface area contributed by atoms with Crippen LogP contribution in [0.1, 0.15) is 12.8 Å². The molecule has 4 nitrogen and oxygen atoms in total. The Labute approximate surface area is 81.8 Å². The van der Waals surface area contributed by atoms with E-state index in [9.17, 15) is 9.59 Å². The molecule has 0 aromatic carbocycles. The third-order valence-electron chi connectivity index (χ3n) is 2.01. The van der Waals surface area contributed by atoms with Crippen LogP contribution in [0.25, 0.3) is 0 Å². The van der Waals surface area contributed by atoms with Crippen LogP contribution < -0.4 is 5.73 Å². The first-order chi connectivity index (χ1) is 6.16. The molecular weight excluding hydrogens is 188 g/mol. The molecule has 0 spiro atoms. The van der Waals surface area contributed by atoms with Gasteiger partial charge in [0, 0.05) is 13.5 Å². The van der Waals surface area contributed by atoms with E-state index in [0.717, 1.165) is 12.2 Å². The lowest BCUT2D eigenvalue weighted by Gasteiger charge is -2.07. The summed E-state index contributed by atoms with van der Waals surface area (Å²) in [6.07, 6.45) is 1.25. The highest BCUT2D eigenvalue weighted by Crippen LogP contribution is 2.24. The molecule has 1 fully saturated rings. The van der Waals surface area contributed by atoms with Crippen molar-refractivity contribution in [2.75, 3.05) is 19.3 Å². The van der Waals surface area contributed by atoms with E-state index in [2.05, 4.69) is 0 Å². The molecule has 1 aliphatic heterocycles. The highest BCUT2D eigenvalue weighted by molar-refractivity contribution is 8.00. The van der Waals surface area contributed by atoms with Gasteiger partial charge in [-0.25, -0.2) is 0 Å². The minimum Gasteiger partial charge on any atom is -0.330 e. The Hall–Kier alpha value is -0.550. The van der Waals surface area contributed by atoms with Crippen molar-refractivity contribution >= 4 is 23.6 Å². The van der Waals surface area contributed by atoms with Crippen LogP contribution in [0.4, 0.5) is 0 Å². The second-order valence-electron chi connectivity index (χ2n) is 3.00. The fourth-order valence-electron chi connectivity index (χ4n) is 1.16. The average molecular weight is 202 g/mol. The third-order valence-corrected chi connectivity index (χ3v) is 3.30. The number of thioether (sulfide) groups is 1. The number of nitrogens with zero attached hydrogens (tertiary/aromatic N) is 1. The zero-order valence-electron chi connectivity index (χ0n) is 7.66. The van der Waals surface area contributed by atoms with Crippen molar-refractivity contribution in [3.8, 4) is 0 Å². The molecule has 0 saturated carbocycles. The Balaban J connectivity index is 2.36. The van der Waals surface area contributed by atoms with Crippen molar-refractivity contribution in [2.24, 2.45) is 5.73 Å². The molecule has 1 heterocycles. The summed E-state index contributed by atoms with van der Waals surface area (Å²) in [7, 11) is 1.54. The first kappa shape index (κ1) is 10.5. The zero-order chi connectivity index (χ0) is 9.84. The predicted molar refractivity (Wildman–Crippen MR) is 52.3 cm³/mol. The summed E-state index contributed by atoms with van der Waals surface area (Å²) in [6.45, 7) is 0.637. The summed E-state index contributed by atoms with van der Waals surface area (Å²) < 4.78 is 0. The maximum absolute atomic E-state index is 11.4. The van der Waals surface area contributed by atoms with Gasteiger partial charge in [-0.1, -0.05) is 0 Å². The van der Waals surface area contributed by atoms with E-state index in [1.807, 2.05) is 0 Å². The molecule has 1 unspecified atom stereocenters. The van der Waals surface area contributed by atoms with Crippen molar-refractivity contribution in [3.05, 3.63) is 0 Å². The molecule has 74 valence electrons. The number of amides is 2. The van der Waals surface area contributed by atoms with E-state index < -0.39 is 0 Å². The summed E-state index contributed by atoms with van der Waals surface area (Å²) in [4.78, 5) is 23.7. The standard InChI is InChI=1S/C8H14N2O2S/c1-10-7(11)5-6(8(10)12)13-4-2-3-9/h6H,2-5,9H2,1H3. The quantitative estimate of drug-likeness (QED) is 0.507. The number of hydrogen-bond acceptors (Lipinski definition) is 4. The van der Waals surface area contributed by atoms with Gasteiger partial charge in [0.25, 0.3) is 0 Å². The van der Waals surface area contributed by atoms with Crippen LogP contribution in [0.2, 0.25) is 0 Å². The monoisotopic (exact) mass is 202 g/mol. The molecule has 2 N–H and O–H groups in total. The molecule has 1 rings (SSSR count). The molecular formula is C8H14N2O2S. The van der Waals surface area contributed by atoms with E-state index in [4.69, 9.17) is 5.73 Å². The van der Waals surface area contributed by atoms with Crippen molar-refractivity contribution in [1.29, 1.82) is 0 Å². The zero-order valence-corrected chi connectivity index (χ0v) is 8.47. The van der Waals surface area contributed by atoms with Gasteiger partial charge in [-0.05, 0) is 18.7 Å². The third kappa shape index (κ3) is 2.45. The van der Waals surface area contributed by atoms with E-state index >= 15 is 0 Å². The van der Waals surface area contributed by atoms with E-state index in [-0.39, 0.29) is 17.1 Å². The van der Waals surface area contributed by atoms with Crippen molar-refractivity contribution in [1.82, 2.24) is 4.90 Å². The summed E-state index contributed by atoms with van der Waals surface area (Å²) in [5, 5.41) is -0.163. The van der Waals surface area contributed by atoms with Gasteiger partial charge in [-0.15, -0.1) is 11.8 Å². The molecule has 13 heavy (non-hydrogen) atoms. The van der Waals surface area contributed by atoms with Crippen LogP contribution in [0.3, 0.4) is 0 Å². The van der Waals surface area contributed by atoms with Gasteiger partial charge in [0.05, 0.1) is 5.25 Å². The Morgan fingerprint density at radius 1 is 1.62 bits per heavy atom. The van der Waals surface area contributed by atoms with E-state index in [0.29, 0.717) is 13.0 Å². The number of hydrogen-bond donors (Lipinski definition) is 1. The van der Waals surface area contributed by atoms with Gasteiger partial charge in [-0.3, -0.25) is 14.5 Å². The number of carbonyl (C=O) groups is 2. The van der Waals surface area contributed by atoms with E-state index in [1.165, 1.54) is 23.7 Å². The van der Waals surface area contributed by atoms with E-state index in [1.54, 1.807) is 0 Å². The van der Waals surface area contributed by atoms with Gasteiger partial charge in [0.15, 0.2) is 0 Å². The molecule has 0 aromatic heterocycles. The molecule has 1 aliphatic rings. The number of likely N-dealkylation sites (tertiary alicyclic amines) is 1. The number of rotatable bonds is 4. The largest absolute Gasteiger partial charge is 0.330 e. The molecule has 1 atom stereocenters. The number of imide groups is 1. The Bertz CT molecular complexity index is 220. The highest BCUT2D eigenvalue weighted by atomic mass is 32.2. The van der Waals surface area contributed by atoms with Crippen molar-refractivity contribution in [3.63, 3.8) is 0 Å². The van der Waals surface area contributed by atoms with Gasteiger partial charge in [0.1, 0.15) is 0 Å². The molecule has 0 aromatic rings. The second-order valence-corrected chi connectivity index (χ2v) is 4.31. The summed E-state index contributed by atoms with van der Waals surface area (Å²) in [5.74, 6) is 0.718. The van der Waals surface area contributed by atoms with Crippen LogP contribution in [0.15, 0.2) is 0 Å². The summed E-state index contributed by atoms with van der Waals surface area (Å²) in [5.41, 5.74) is 5.33. The number of nitrogens with two attached hydrogens (primary N) is 1. The normalized spacial score (nSPS) is 22.9. The lowest BCUT2D eigenvalue weighted by Crippen LogP contribution is -2.26. The fourth-order valence-corrected chi connectivity index (χ4v) is 2.34. The summed E-state index contributed by atoms with van der Waals surface area (Å²) in [6, 6.07) is 0. The SMILES string of the molecule is CN1C(=O)CC(SCCCN)C1=O. The lowest BCUT2D eigenvalue weighted by molar-refractivity contribution is -0.136. The number of carbonyl (C=O) groups excluding carboxylic acids is 2. The fraction of sp³-hybridized carbons (Fsp3) is 0.750. The van der Waals surface area contributed by atoms with Crippen LogP contribution in [-0.4, -0.2) is 41.3 Å². The van der Waals surface area contributed by atoms with Crippen LogP contribution in [-0.2, 0) is 9.59 Å². The van der Waals surface area contributed by atoms with Crippen LogP contribution >= 0.6 is 11.8 Å². The predicted octanol–water partition coefficient (Wildman–Crippen LogP) is -0.174. The van der Waals surface area contributed by atoms with Gasteiger partial charge in [-0.2, -0.15) is 0 Å². The molecule has 0 radical (unpaired) electrons. The van der Waals surface area contributed by atoms with Gasteiger partial charge in [0.2, 0.25) is 11.8 Å². The highest BCUT2D eigenvalue weighted by Gasteiger charge is 2.35. The molecule has 0 aliphatic carbocycles. The molecule has 5 heteroatoms. The molecule has 0 bridgehead atoms. The Kier molecular flexibility index (Phi) is 3.74. The van der Waals surface area contributed by atoms with Crippen LogP contribution in [0, 0.1) is 0 Å². The summed E-state index contributed by atoms with van der Waals surface area (Å²) >= 11 is 1.53. The topological polar surface area (TPSA) is 63.4 Å². The van der Waals surface area contributed by atoms with Gasteiger partial charge >= 0.3 is 0 Å². The Morgan fingerprint density at radius 2 is 2.31 bits per heavy atom. The first-order valence-electron chi connectivity index (χ1n) is 4.29. The average Bonchev–Trinajstić information content (AvgIpc) is 2.34. The first-order valence-corrected chi connectivity index (χ1v) is 5.33. The van der Waals surface area contributed by atoms with Gasteiger partial charge < -0.3 is 5.73 Å².